The number of guanidine groups is 1. The molecule has 0 radical (unpaired) electrons. The normalized spacial score (nSPS) is 12.5. The van der Waals surface area contributed by atoms with Crippen LogP contribution in [0.5, 0.6) is 0 Å². The van der Waals surface area contributed by atoms with Crippen LogP contribution in [0, 0.1) is 0 Å². The minimum absolute atomic E-state index is 0. The molecule has 0 aliphatic carbocycles. The Morgan fingerprint density at radius 2 is 2.05 bits per heavy atom. The van der Waals surface area contributed by atoms with E-state index in [1.54, 1.807) is 6.20 Å². The number of nitrogens with zero attached hydrogens (tertiary/aromatic N) is 3. The monoisotopic (exact) mass is 413 g/mol. The number of hydrogen-bond acceptors (Lipinski definition) is 2. The van der Waals surface area contributed by atoms with E-state index in [-0.39, 0.29) is 24.0 Å². The molecule has 6 heteroatoms. The summed E-state index contributed by atoms with van der Waals surface area (Å²) in [6.07, 6.45) is 4.76. The van der Waals surface area contributed by atoms with Gasteiger partial charge in [-0.15, -0.1) is 24.0 Å². The van der Waals surface area contributed by atoms with Crippen LogP contribution in [0.1, 0.15) is 31.4 Å². The Labute approximate surface area is 149 Å². The van der Waals surface area contributed by atoms with Gasteiger partial charge in [0.05, 0.1) is 13.1 Å². The molecule has 1 unspecified atom stereocenters. The maximum atomic E-state index is 5.91. The van der Waals surface area contributed by atoms with Gasteiger partial charge in [-0.1, -0.05) is 31.2 Å². The van der Waals surface area contributed by atoms with Crippen LogP contribution in [0.3, 0.4) is 0 Å². The maximum absolute atomic E-state index is 5.91. The minimum atomic E-state index is 0. The van der Waals surface area contributed by atoms with Gasteiger partial charge in [-0.05, 0) is 30.5 Å². The van der Waals surface area contributed by atoms with E-state index >= 15 is 0 Å². The Bertz CT molecular complexity index is 580. The molecule has 2 aromatic rings. The van der Waals surface area contributed by atoms with Crippen molar-refractivity contribution in [2.24, 2.45) is 10.7 Å². The highest BCUT2D eigenvalue weighted by Gasteiger charge is 2.03. The van der Waals surface area contributed by atoms with E-state index < -0.39 is 0 Å². The van der Waals surface area contributed by atoms with Gasteiger partial charge in [-0.25, -0.2) is 4.99 Å². The summed E-state index contributed by atoms with van der Waals surface area (Å²) < 4.78 is 1.91. The predicted molar refractivity (Wildman–Crippen MR) is 101 cm³/mol. The molecule has 1 atom stereocenters. The number of hydrogen-bond donors (Lipinski definition) is 2. The first kappa shape index (κ1) is 18.5. The van der Waals surface area contributed by atoms with Crippen molar-refractivity contribution in [2.45, 2.75) is 39.4 Å². The van der Waals surface area contributed by atoms with Crippen LogP contribution >= 0.6 is 24.0 Å². The summed E-state index contributed by atoms with van der Waals surface area (Å²) in [6.45, 7) is 5.53. The van der Waals surface area contributed by atoms with E-state index in [4.69, 9.17) is 5.73 Å². The van der Waals surface area contributed by atoms with Gasteiger partial charge in [0.25, 0.3) is 0 Å². The third-order valence-electron chi connectivity index (χ3n) is 3.44. The fourth-order valence-corrected chi connectivity index (χ4v) is 2.01. The zero-order chi connectivity index (χ0) is 15.1. The smallest absolute Gasteiger partial charge is 0.189 e. The summed E-state index contributed by atoms with van der Waals surface area (Å²) in [5.74, 6) is 0.498. The molecule has 0 aliphatic rings. The summed E-state index contributed by atoms with van der Waals surface area (Å²) in [6, 6.07) is 10.5. The number of aliphatic imine (C=N–C) groups is 1. The third-order valence-corrected chi connectivity index (χ3v) is 3.44. The summed E-state index contributed by atoms with van der Waals surface area (Å²) in [5, 5.41) is 7.42. The highest BCUT2D eigenvalue weighted by atomic mass is 127. The maximum Gasteiger partial charge on any atom is 0.189 e. The Kier molecular flexibility index (Phi) is 7.94. The fourth-order valence-electron chi connectivity index (χ4n) is 2.01. The van der Waals surface area contributed by atoms with E-state index in [0.717, 1.165) is 13.0 Å². The second-order valence-electron chi connectivity index (χ2n) is 5.13. The lowest BCUT2D eigenvalue weighted by Gasteiger charge is -2.12. The molecule has 3 N–H and O–H groups in total. The first-order chi connectivity index (χ1) is 10.2. The van der Waals surface area contributed by atoms with Gasteiger partial charge in [0.1, 0.15) is 0 Å². The number of nitrogens with one attached hydrogen (secondary N) is 1. The quantitative estimate of drug-likeness (QED) is 0.435. The molecule has 0 fully saturated rings. The van der Waals surface area contributed by atoms with Crippen molar-refractivity contribution in [1.82, 2.24) is 15.1 Å². The molecule has 0 spiro atoms. The van der Waals surface area contributed by atoms with Crippen molar-refractivity contribution in [3.8, 4) is 0 Å². The van der Waals surface area contributed by atoms with Crippen molar-refractivity contribution in [3.63, 3.8) is 0 Å². The van der Waals surface area contributed by atoms with Gasteiger partial charge in [0, 0.05) is 18.4 Å². The van der Waals surface area contributed by atoms with Crippen molar-refractivity contribution in [1.29, 1.82) is 0 Å². The lowest BCUT2D eigenvalue weighted by atomic mass is 10.1. The van der Waals surface area contributed by atoms with Gasteiger partial charge < -0.3 is 11.1 Å². The minimum Gasteiger partial charge on any atom is -0.370 e. The highest BCUT2D eigenvalue weighted by molar-refractivity contribution is 14.0. The highest BCUT2D eigenvalue weighted by Crippen LogP contribution is 2.11. The van der Waals surface area contributed by atoms with Crippen LogP contribution < -0.4 is 11.1 Å². The summed E-state index contributed by atoms with van der Waals surface area (Å²) in [5.41, 5.74) is 8.28. The van der Waals surface area contributed by atoms with Gasteiger partial charge in [-0.3, -0.25) is 4.68 Å². The third kappa shape index (κ3) is 5.67. The predicted octanol–water partition coefficient (Wildman–Crippen LogP) is 2.75. The average molecular weight is 413 g/mol. The van der Waals surface area contributed by atoms with E-state index in [0.29, 0.717) is 18.5 Å². The molecular weight excluding hydrogens is 389 g/mol. The Morgan fingerprint density at radius 1 is 1.32 bits per heavy atom. The zero-order valence-electron chi connectivity index (χ0n) is 13.1. The number of halogens is 1. The molecule has 5 nitrogen and oxygen atoms in total. The number of benzene rings is 1. The van der Waals surface area contributed by atoms with Crippen LogP contribution in [-0.4, -0.2) is 21.8 Å². The van der Waals surface area contributed by atoms with Crippen molar-refractivity contribution >= 4 is 29.9 Å². The van der Waals surface area contributed by atoms with Crippen molar-refractivity contribution in [2.75, 3.05) is 0 Å². The largest absolute Gasteiger partial charge is 0.370 e. The van der Waals surface area contributed by atoms with Gasteiger partial charge in [0.15, 0.2) is 5.96 Å². The van der Waals surface area contributed by atoms with E-state index in [9.17, 15) is 0 Å². The van der Waals surface area contributed by atoms with E-state index in [1.807, 2.05) is 29.1 Å². The van der Waals surface area contributed by atoms with E-state index in [2.05, 4.69) is 41.4 Å². The molecule has 0 saturated carbocycles. The zero-order valence-corrected chi connectivity index (χ0v) is 15.4. The number of rotatable bonds is 6. The van der Waals surface area contributed by atoms with Crippen molar-refractivity contribution < 1.29 is 0 Å². The second-order valence-corrected chi connectivity index (χ2v) is 5.13. The Hall–Kier alpha value is -1.57. The standard InChI is InChI=1S/C16H23N5.HI/c1-3-13(2)20-16(17)18-11-14-7-4-5-8-15(14)12-21-10-6-9-19-21;/h4-10,13H,3,11-12H2,1-2H3,(H3,17,18,20);1H. The topological polar surface area (TPSA) is 68.2 Å². The molecule has 1 heterocycles. The van der Waals surface area contributed by atoms with Gasteiger partial charge in [-0.2, -0.15) is 5.10 Å². The molecule has 0 bridgehead atoms. The fraction of sp³-hybridized carbons (Fsp3) is 0.375. The summed E-state index contributed by atoms with van der Waals surface area (Å²) in [4.78, 5) is 4.43. The Morgan fingerprint density at radius 3 is 2.68 bits per heavy atom. The van der Waals surface area contributed by atoms with Crippen LogP contribution in [-0.2, 0) is 13.1 Å². The summed E-state index contributed by atoms with van der Waals surface area (Å²) in [7, 11) is 0. The molecule has 22 heavy (non-hydrogen) atoms. The van der Waals surface area contributed by atoms with Crippen LogP contribution in [0.25, 0.3) is 0 Å². The van der Waals surface area contributed by atoms with Gasteiger partial charge >= 0.3 is 0 Å². The van der Waals surface area contributed by atoms with E-state index in [1.165, 1.54) is 11.1 Å². The molecule has 1 aromatic heterocycles. The lowest BCUT2D eigenvalue weighted by molar-refractivity contribution is 0.636. The molecule has 0 aliphatic heterocycles. The van der Waals surface area contributed by atoms with Crippen molar-refractivity contribution in [3.05, 3.63) is 53.9 Å². The number of aromatic nitrogens is 2. The average Bonchev–Trinajstić information content (AvgIpc) is 2.99. The first-order valence-corrected chi connectivity index (χ1v) is 7.29. The van der Waals surface area contributed by atoms with Gasteiger partial charge in [0.2, 0.25) is 0 Å². The SMILES string of the molecule is CCC(C)NC(N)=NCc1ccccc1Cn1cccn1.I. The second kappa shape index (κ2) is 9.45. The Balaban J connectivity index is 0.00000242. The molecule has 2 rings (SSSR count). The molecule has 1 aromatic carbocycles. The van der Waals surface area contributed by atoms with Crippen LogP contribution in [0.2, 0.25) is 0 Å². The first-order valence-electron chi connectivity index (χ1n) is 7.29. The number of nitrogens with two attached hydrogens (primary N) is 1. The van der Waals surface area contributed by atoms with Crippen LogP contribution in [0.15, 0.2) is 47.7 Å². The summed E-state index contributed by atoms with van der Waals surface area (Å²) >= 11 is 0. The van der Waals surface area contributed by atoms with Crippen LogP contribution in [0.4, 0.5) is 0 Å². The lowest BCUT2D eigenvalue weighted by Crippen LogP contribution is -2.38. The molecule has 120 valence electrons. The molecule has 0 saturated heterocycles. The molecular formula is C16H24IN5. The molecule has 0 amide bonds.